The number of phenols is 1. The van der Waals surface area contributed by atoms with Crippen molar-refractivity contribution in [1.29, 1.82) is 0 Å². The van der Waals surface area contributed by atoms with E-state index in [0.717, 1.165) is 6.07 Å². The summed E-state index contributed by atoms with van der Waals surface area (Å²) >= 11 is 0. The second-order valence-corrected chi connectivity index (χ2v) is 7.23. The van der Waals surface area contributed by atoms with Gasteiger partial charge in [-0.1, -0.05) is 0 Å². The molecule has 0 radical (unpaired) electrons. The first kappa shape index (κ1) is 17.7. The third-order valence-corrected chi connectivity index (χ3v) is 5.00. The molecule has 1 aliphatic carbocycles. The van der Waals surface area contributed by atoms with Gasteiger partial charge in [-0.2, -0.15) is 18.3 Å². The number of aromatic nitrogens is 4. The summed E-state index contributed by atoms with van der Waals surface area (Å²) in [6.07, 6.45) is -1.64. The Morgan fingerprint density at radius 2 is 1.96 bits per heavy atom. The number of rotatable bonds is 2. The number of halogens is 4. The molecular formula is C18H16F4N4O. The van der Waals surface area contributed by atoms with Crippen LogP contribution in [0.4, 0.5) is 17.6 Å². The maximum atomic E-state index is 13.3. The Hall–Kier alpha value is -2.71. The van der Waals surface area contributed by atoms with Gasteiger partial charge in [-0.15, -0.1) is 0 Å². The van der Waals surface area contributed by atoms with Gasteiger partial charge in [0, 0.05) is 18.4 Å². The molecule has 2 aromatic heterocycles. The highest BCUT2D eigenvalue weighted by Crippen LogP contribution is 2.41. The SMILES string of the molecule is Cc1cc(C(F)(F)F)cc(O)c1-c1cnc2cn(C3(C)CC(F)C3)nc2n1. The van der Waals surface area contributed by atoms with Crippen molar-refractivity contribution < 1.29 is 22.7 Å². The molecule has 1 fully saturated rings. The van der Waals surface area contributed by atoms with Crippen molar-refractivity contribution in [3.05, 3.63) is 35.7 Å². The van der Waals surface area contributed by atoms with Crippen LogP contribution >= 0.6 is 0 Å². The van der Waals surface area contributed by atoms with E-state index >= 15 is 0 Å². The van der Waals surface area contributed by atoms with Gasteiger partial charge in [0.15, 0.2) is 5.65 Å². The maximum Gasteiger partial charge on any atom is 0.416 e. The summed E-state index contributed by atoms with van der Waals surface area (Å²) in [4.78, 5) is 8.59. The highest BCUT2D eigenvalue weighted by atomic mass is 19.4. The van der Waals surface area contributed by atoms with E-state index in [1.54, 1.807) is 10.9 Å². The predicted molar refractivity (Wildman–Crippen MR) is 89.9 cm³/mol. The topological polar surface area (TPSA) is 63.8 Å². The Morgan fingerprint density at radius 1 is 1.26 bits per heavy atom. The van der Waals surface area contributed by atoms with E-state index in [9.17, 15) is 22.7 Å². The standard InChI is InChI=1S/C18H16F4N4O/c1-9-3-10(18(20,21)22)4-14(27)15(9)12-7-23-13-8-26(25-16(13)24-12)17(2)5-11(19)6-17/h3-4,7-8,11,27H,5-6H2,1-2H3. The Balaban J connectivity index is 1.77. The summed E-state index contributed by atoms with van der Waals surface area (Å²) in [5, 5.41) is 14.5. The van der Waals surface area contributed by atoms with Crippen molar-refractivity contribution >= 4 is 11.2 Å². The van der Waals surface area contributed by atoms with E-state index in [0.29, 0.717) is 24.4 Å². The number of aromatic hydroxyl groups is 1. The third kappa shape index (κ3) is 2.90. The number of benzene rings is 1. The molecule has 1 N–H and O–H groups in total. The number of nitrogens with zero attached hydrogens (tertiary/aromatic N) is 4. The molecule has 27 heavy (non-hydrogen) atoms. The molecule has 0 bridgehead atoms. The van der Waals surface area contributed by atoms with Crippen molar-refractivity contribution in [2.45, 2.75) is 44.6 Å². The molecular weight excluding hydrogens is 364 g/mol. The lowest BCUT2D eigenvalue weighted by atomic mass is 9.77. The van der Waals surface area contributed by atoms with Crippen LogP contribution in [0, 0.1) is 6.92 Å². The zero-order valence-corrected chi connectivity index (χ0v) is 14.5. The molecule has 0 amide bonds. The first-order valence-electron chi connectivity index (χ1n) is 8.35. The zero-order chi connectivity index (χ0) is 19.6. The summed E-state index contributed by atoms with van der Waals surface area (Å²) in [6.45, 7) is 3.35. The summed E-state index contributed by atoms with van der Waals surface area (Å²) < 4.78 is 53.6. The van der Waals surface area contributed by atoms with Crippen LogP contribution in [0.2, 0.25) is 0 Å². The van der Waals surface area contributed by atoms with Gasteiger partial charge in [0.1, 0.15) is 17.4 Å². The molecule has 142 valence electrons. The molecule has 0 aliphatic heterocycles. The van der Waals surface area contributed by atoms with Crippen molar-refractivity contribution in [3.63, 3.8) is 0 Å². The van der Waals surface area contributed by atoms with Gasteiger partial charge < -0.3 is 5.11 Å². The van der Waals surface area contributed by atoms with Crippen molar-refractivity contribution in [1.82, 2.24) is 19.7 Å². The molecule has 1 aromatic carbocycles. The first-order chi connectivity index (χ1) is 12.6. The third-order valence-electron chi connectivity index (χ3n) is 5.00. The minimum Gasteiger partial charge on any atom is -0.507 e. The quantitative estimate of drug-likeness (QED) is 0.671. The molecule has 1 saturated carbocycles. The molecule has 9 heteroatoms. The zero-order valence-electron chi connectivity index (χ0n) is 14.5. The van der Waals surface area contributed by atoms with E-state index in [4.69, 9.17) is 0 Å². The molecule has 2 heterocycles. The fourth-order valence-electron chi connectivity index (χ4n) is 3.54. The average molecular weight is 380 g/mol. The van der Waals surface area contributed by atoms with E-state index < -0.39 is 29.2 Å². The Bertz CT molecular complexity index is 1010. The molecule has 3 aromatic rings. The van der Waals surface area contributed by atoms with Gasteiger partial charge in [0.2, 0.25) is 0 Å². The molecule has 5 nitrogen and oxygen atoms in total. The molecule has 1 aliphatic rings. The number of phenolic OH excluding ortho intramolecular Hbond substituents is 1. The lowest BCUT2D eigenvalue weighted by Gasteiger charge is -2.41. The maximum absolute atomic E-state index is 13.3. The highest BCUT2D eigenvalue weighted by molar-refractivity contribution is 5.77. The van der Waals surface area contributed by atoms with E-state index in [1.807, 2.05) is 6.92 Å². The van der Waals surface area contributed by atoms with Gasteiger partial charge in [0.25, 0.3) is 0 Å². The van der Waals surface area contributed by atoms with E-state index in [2.05, 4.69) is 15.1 Å². The van der Waals surface area contributed by atoms with Crippen LogP contribution in [-0.4, -0.2) is 31.0 Å². The minimum absolute atomic E-state index is 0.172. The number of hydrogen-bond acceptors (Lipinski definition) is 4. The Labute approximate surface area is 151 Å². The first-order valence-corrected chi connectivity index (χ1v) is 8.35. The van der Waals surface area contributed by atoms with Crippen LogP contribution in [-0.2, 0) is 11.7 Å². The predicted octanol–water partition coefficient (Wildman–Crippen LogP) is 4.37. The summed E-state index contributed by atoms with van der Waals surface area (Å²) in [5.41, 5.74) is 0.0270. The van der Waals surface area contributed by atoms with Crippen LogP contribution in [0.1, 0.15) is 30.9 Å². The van der Waals surface area contributed by atoms with Crippen LogP contribution < -0.4 is 0 Å². The average Bonchev–Trinajstić information content (AvgIpc) is 2.95. The van der Waals surface area contributed by atoms with Gasteiger partial charge >= 0.3 is 6.18 Å². The van der Waals surface area contributed by atoms with Crippen LogP contribution in [0.5, 0.6) is 5.75 Å². The minimum atomic E-state index is -4.55. The number of fused-ring (bicyclic) bond motifs is 1. The fraction of sp³-hybridized carbons (Fsp3) is 0.389. The van der Waals surface area contributed by atoms with Crippen molar-refractivity contribution in [3.8, 4) is 17.0 Å². The normalized spacial score (nSPS) is 22.8. The molecule has 4 rings (SSSR count). The molecule has 0 spiro atoms. The van der Waals surface area contributed by atoms with Gasteiger partial charge in [-0.25, -0.2) is 14.4 Å². The molecule has 0 unspecified atom stereocenters. The molecule has 0 saturated heterocycles. The second kappa shape index (κ2) is 5.64. The summed E-state index contributed by atoms with van der Waals surface area (Å²) in [7, 11) is 0. The van der Waals surface area contributed by atoms with Gasteiger partial charge in [0.05, 0.1) is 29.2 Å². The van der Waals surface area contributed by atoms with Crippen LogP contribution in [0.15, 0.2) is 24.5 Å². The van der Waals surface area contributed by atoms with Crippen molar-refractivity contribution in [2.75, 3.05) is 0 Å². The lowest BCUT2D eigenvalue weighted by Crippen LogP contribution is -2.45. The van der Waals surface area contributed by atoms with Crippen LogP contribution in [0.25, 0.3) is 22.4 Å². The summed E-state index contributed by atoms with van der Waals surface area (Å²) in [5.74, 6) is -0.526. The summed E-state index contributed by atoms with van der Waals surface area (Å²) in [6, 6.07) is 1.62. The van der Waals surface area contributed by atoms with E-state index in [1.165, 1.54) is 13.1 Å². The molecule has 0 atom stereocenters. The Kier molecular flexibility index (Phi) is 3.70. The Morgan fingerprint density at radius 3 is 2.56 bits per heavy atom. The fourth-order valence-corrected chi connectivity index (χ4v) is 3.54. The number of hydrogen-bond donors (Lipinski definition) is 1. The number of alkyl halides is 4. The van der Waals surface area contributed by atoms with Gasteiger partial charge in [-0.3, -0.25) is 4.68 Å². The van der Waals surface area contributed by atoms with Gasteiger partial charge in [-0.05, 0) is 31.5 Å². The second-order valence-electron chi connectivity index (χ2n) is 7.23. The van der Waals surface area contributed by atoms with Crippen molar-refractivity contribution in [2.24, 2.45) is 0 Å². The monoisotopic (exact) mass is 380 g/mol. The van der Waals surface area contributed by atoms with E-state index in [-0.39, 0.29) is 22.5 Å². The smallest absolute Gasteiger partial charge is 0.416 e. The number of aryl methyl sites for hydroxylation is 1. The largest absolute Gasteiger partial charge is 0.507 e. The highest BCUT2D eigenvalue weighted by Gasteiger charge is 2.43. The van der Waals surface area contributed by atoms with Crippen LogP contribution in [0.3, 0.4) is 0 Å². The lowest BCUT2D eigenvalue weighted by molar-refractivity contribution is -0.137.